The Morgan fingerprint density at radius 1 is 1.44 bits per heavy atom. The van der Waals surface area contributed by atoms with Crippen LogP contribution in [0.1, 0.15) is 19.8 Å². The van der Waals surface area contributed by atoms with Gasteiger partial charge in [-0.1, -0.05) is 25.5 Å². The summed E-state index contributed by atoms with van der Waals surface area (Å²) in [6, 6.07) is 8.31. The minimum absolute atomic E-state index is 0.130. The number of nitrogens with zero attached hydrogens (tertiary/aromatic N) is 1. The highest BCUT2D eigenvalue weighted by molar-refractivity contribution is 7.99. The third-order valence-electron chi connectivity index (χ3n) is 3.01. The number of anilines is 1. The minimum Gasteiger partial charge on any atom is -0.360 e. The Balaban J connectivity index is 1.92. The van der Waals surface area contributed by atoms with E-state index >= 15 is 0 Å². The van der Waals surface area contributed by atoms with Crippen molar-refractivity contribution in [3.05, 3.63) is 24.3 Å². The lowest BCUT2D eigenvalue weighted by atomic mass is 10.2. The smallest absolute Gasteiger partial charge is 0.239 e. The first-order valence-corrected chi connectivity index (χ1v) is 7.53. The fourth-order valence-electron chi connectivity index (χ4n) is 2.02. The summed E-state index contributed by atoms with van der Waals surface area (Å²) >= 11 is 1.87. The van der Waals surface area contributed by atoms with Crippen LogP contribution in [0.2, 0.25) is 0 Å². The molecule has 1 aliphatic rings. The molecule has 0 fully saturated rings. The third-order valence-corrected chi connectivity index (χ3v) is 4.05. The molecule has 4 heteroatoms. The van der Waals surface area contributed by atoms with Gasteiger partial charge in [-0.05, 0) is 18.6 Å². The Morgan fingerprint density at radius 3 is 3.11 bits per heavy atom. The number of para-hydroxylation sites is 1. The number of amides is 1. The zero-order valence-electron chi connectivity index (χ0n) is 10.8. The fourth-order valence-corrected chi connectivity index (χ4v) is 3.08. The van der Waals surface area contributed by atoms with Crippen molar-refractivity contribution in [2.75, 3.05) is 30.3 Å². The van der Waals surface area contributed by atoms with E-state index in [1.807, 2.05) is 17.8 Å². The summed E-state index contributed by atoms with van der Waals surface area (Å²) in [6.07, 6.45) is 2.17. The van der Waals surface area contributed by atoms with Crippen LogP contribution in [0, 0.1) is 0 Å². The molecule has 0 aliphatic carbocycles. The molecule has 1 aromatic rings. The Kier molecular flexibility index (Phi) is 4.93. The quantitative estimate of drug-likeness (QED) is 0.829. The number of rotatable bonds is 5. The molecule has 3 nitrogen and oxygen atoms in total. The van der Waals surface area contributed by atoms with Gasteiger partial charge >= 0.3 is 0 Å². The molecule has 0 spiro atoms. The molecule has 1 heterocycles. The van der Waals surface area contributed by atoms with Gasteiger partial charge in [0.1, 0.15) is 0 Å². The van der Waals surface area contributed by atoms with Crippen LogP contribution < -0.4 is 10.2 Å². The maximum Gasteiger partial charge on any atom is 0.239 e. The Labute approximate surface area is 113 Å². The molecule has 2 rings (SSSR count). The first-order chi connectivity index (χ1) is 8.81. The number of fused-ring (bicyclic) bond motifs is 1. The molecule has 0 radical (unpaired) electrons. The van der Waals surface area contributed by atoms with Gasteiger partial charge in [0.25, 0.3) is 0 Å². The molecule has 0 bridgehead atoms. The second-order valence-electron chi connectivity index (χ2n) is 4.44. The topological polar surface area (TPSA) is 32.3 Å². The van der Waals surface area contributed by atoms with Crippen LogP contribution in [0.15, 0.2) is 29.2 Å². The molecule has 18 heavy (non-hydrogen) atoms. The van der Waals surface area contributed by atoms with Crippen LogP contribution >= 0.6 is 11.8 Å². The first-order valence-electron chi connectivity index (χ1n) is 6.54. The van der Waals surface area contributed by atoms with Gasteiger partial charge in [-0.15, -0.1) is 11.8 Å². The number of thioether (sulfide) groups is 1. The van der Waals surface area contributed by atoms with Crippen LogP contribution in [-0.4, -0.2) is 31.3 Å². The van der Waals surface area contributed by atoms with E-state index < -0.39 is 0 Å². The van der Waals surface area contributed by atoms with Gasteiger partial charge in [-0.3, -0.25) is 4.79 Å². The summed E-state index contributed by atoms with van der Waals surface area (Å²) in [6.45, 7) is 4.34. The maximum absolute atomic E-state index is 11.8. The van der Waals surface area contributed by atoms with Gasteiger partial charge in [0.15, 0.2) is 0 Å². The van der Waals surface area contributed by atoms with Crippen LogP contribution in [0.25, 0.3) is 0 Å². The average molecular weight is 264 g/mol. The fraction of sp³-hybridized carbons (Fsp3) is 0.500. The molecule has 1 N–H and O–H groups in total. The van der Waals surface area contributed by atoms with Crippen LogP contribution in [0.5, 0.6) is 0 Å². The normalized spacial score (nSPS) is 14.2. The van der Waals surface area contributed by atoms with Crippen LogP contribution in [0.4, 0.5) is 5.69 Å². The highest BCUT2D eigenvalue weighted by atomic mass is 32.2. The monoisotopic (exact) mass is 264 g/mol. The zero-order valence-corrected chi connectivity index (χ0v) is 11.6. The summed E-state index contributed by atoms with van der Waals surface area (Å²) in [7, 11) is 0. The Morgan fingerprint density at radius 2 is 2.28 bits per heavy atom. The van der Waals surface area contributed by atoms with Gasteiger partial charge in [0.2, 0.25) is 5.91 Å². The molecular formula is C14H20N2OS. The molecular weight excluding hydrogens is 244 g/mol. The molecule has 0 aromatic heterocycles. The van der Waals surface area contributed by atoms with E-state index in [4.69, 9.17) is 0 Å². The zero-order chi connectivity index (χ0) is 12.8. The lowest BCUT2D eigenvalue weighted by Gasteiger charge is -2.30. The Bertz CT molecular complexity index is 409. The van der Waals surface area contributed by atoms with Gasteiger partial charge in [-0.25, -0.2) is 0 Å². The standard InChI is InChI=1S/C14H20N2OS/c1-2-3-8-15-14(17)11-16-9-10-18-13-7-5-4-6-12(13)16/h4-7H,2-3,8-11H2,1H3,(H,15,17). The van der Waals surface area contributed by atoms with E-state index in [9.17, 15) is 4.79 Å². The van der Waals surface area contributed by atoms with Crippen molar-refractivity contribution in [3.63, 3.8) is 0 Å². The minimum atomic E-state index is 0.130. The molecule has 0 unspecified atom stereocenters. The van der Waals surface area contributed by atoms with Gasteiger partial charge in [0.05, 0.1) is 12.2 Å². The lowest BCUT2D eigenvalue weighted by Crippen LogP contribution is -2.40. The van der Waals surface area contributed by atoms with Gasteiger partial charge < -0.3 is 10.2 Å². The highest BCUT2D eigenvalue weighted by Crippen LogP contribution is 2.33. The number of hydrogen-bond acceptors (Lipinski definition) is 3. The summed E-state index contributed by atoms with van der Waals surface area (Å²) in [4.78, 5) is 15.3. The van der Waals surface area contributed by atoms with E-state index in [1.165, 1.54) is 10.6 Å². The summed E-state index contributed by atoms with van der Waals surface area (Å²) in [5.74, 6) is 1.18. The molecule has 1 aliphatic heterocycles. The second kappa shape index (κ2) is 6.69. The van der Waals surface area contributed by atoms with Crippen LogP contribution in [0.3, 0.4) is 0 Å². The number of benzene rings is 1. The SMILES string of the molecule is CCCCNC(=O)CN1CCSc2ccccc21. The van der Waals surface area contributed by atoms with Crippen molar-refractivity contribution < 1.29 is 4.79 Å². The third kappa shape index (κ3) is 3.42. The molecule has 0 saturated carbocycles. The van der Waals surface area contributed by atoms with E-state index in [0.29, 0.717) is 6.54 Å². The Hall–Kier alpha value is -1.16. The number of nitrogens with one attached hydrogen (secondary N) is 1. The van der Waals surface area contributed by atoms with Gasteiger partial charge in [-0.2, -0.15) is 0 Å². The van der Waals surface area contributed by atoms with Crippen LogP contribution in [-0.2, 0) is 4.79 Å². The molecule has 0 saturated heterocycles. The van der Waals surface area contributed by atoms with Crippen molar-refractivity contribution in [1.29, 1.82) is 0 Å². The van der Waals surface area contributed by atoms with E-state index in [-0.39, 0.29) is 5.91 Å². The molecule has 0 atom stereocenters. The largest absolute Gasteiger partial charge is 0.360 e. The van der Waals surface area contributed by atoms with Crippen molar-refractivity contribution in [3.8, 4) is 0 Å². The predicted molar refractivity (Wildman–Crippen MR) is 77.3 cm³/mol. The average Bonchev–Trinajstić information content (AvgIpc) is 2.39. The number of carbonyl (C=O) groups excluding carboxylic acids is 1. The molecule has 98 valence electrons. The van der Waals surface area contributed by atoms with E-state index in [0.717, 1.165) is 31.7 Å². The predicted octanol–water partition coefficient (Wildman–Crippen LogP) is 2.52. The summed E-state index contributed by atoms with van der Waals surface area (Å²) in [5, 5.41) is 2.97. The van der Waals surface area contributed by atoms with E-state index in [2.05, 4.69) is 35.3 Å². The second-order valence-corrected chi connectivity index (χ2v) is 5.58. The van der Waals surface area contributed by atoms with Crippen molar-refractivity contribution in [2.45, 2.75) is 24.7 Å². The van der Waals surface area contributed by atoms with Crippen molar-refractivity contribution in [2.24, 2.45) is 0 Å². The number of unbranched alkanes of at least 4 members (excludes halogenated alkanes) is 1. The van der Waals surface area contributed by atoms with Crippen molar-refractivity contribution in [1.82, 2.24) is 5.32 Å². The van der Waals surface area contributed by atoms with Gasteiger partial charge in [0, 0.05) is 23.7 Å². The lowest BCUT2D eigenvalue weighted by molar-refractivity contribution is -0.119. The maximum atomic E-state index is 11.8. The van der Waals surface area contributed by atoms with Crippen molar-refractivity contribution >= 4 is 23.4 Å². The number of hydrogen-bond donors (Lipinski definition) is 1. The summed E-state index contributed by atoms with van der Waals surface area (Å²) < 4.78 is 0. The van der Waals surface area contributed by atoms with E-state index in [1.54, 1.807) is 0 Å². The first kappa shape index (κ1) is 13.3. The molecule has 1 aromatic carbocycles. The highest BCUT2D eigenvalue weighted by Gasteiger charge is 2.18. The summed E-state index contributed by atoms with van der Waals surface area (Å²) in [5.41, 5.74) is 1.19. The molecule has 1 amide bonds. The number of carbonyl (C=O) groups is 1.